The first-order chi connectivity index (χ1) is 12.0. The molecule has 25 heavy (non-hydrogen) atoms. The third kappa shape index (κ3) is 4.24. The number of guanidine groups is 1. The highest BCUT2D eigenvalue weighted by atomic mass is 16.7. The lowest BCUT2D eigenvalue weighted by atomic mass is 10.1. The summed E-state index contributed by atoms with van der Waals surface area (Å²) < 4.78 is 10.8. The summed E-state index contributed by atoms with van der Waals surface area (Å²) >= 11 is 0. The van der Waals surface area contributed by atoms with Crippen LogP contribution in [0.25, 0.3) is 0 Å². The molecular weight excluding hydrogens is 328 g/mol. The summed E-state index contributed by atoms with van der Waals surface area (Å²) in [5.41, 5.74) is 0. The van der Waals surface area contributed by atoms with E-state index in [0.717, 1.165) is 6.42 Å². The summed E-state index contributed by atoms with van der Waals surface area (Å²) in [6.07, 6.45) is 0.393. The molecule has 2 atom stereocenters. The average Bonchev–Trinajstić information content (AvgIpc) is 3.15. The van der Waals surface area contributed by atoms with Crippen LogP contribution in [0, 0.1) is 16.0 Å². The highest BCUT2D eigenvalue weighted by molar-refractivity contribution is 5.96. The minimum atomic E-state index is -0.787. The quantitative estimate of drug-likeness (QED) is 0.608. The Kier molecular flexibility index (Phi) is 5.13. The molecule has 0 bridgehead atoms. The van der Waals surface area contributed by atoms with Gasteiger partial charge in [-0.2, -0.15) is 0 Å². The van der Waals surface area contributed by atoms with Crippen molar-refractivity contribution in [1.82, 2.24) is 9.80 Å². The molecule has 2 heterocycles. The minimum Gasteiger partial charge on any atom is -0.410 e. The van der Waals surface area contributed by atoms with E-state index in [1.54, 1.807) is 35.2 Å². The third-order valence-corrected chi connectivity index (χ3v) is 4.22. The smallest absolute Gasteiger partial charge is 0.410 e. The number of hydrazone groups is 1. The number of nitro groups is 1. The van der Waals surface area contributed by atoms with Gasteiger partial charge in [0.2, 0.25) is 0 Å². The summed E-state index contributed by atoms with van der Waals surface area (Å²) in [5, 5.41) is 13.5. The second-order valence-electron chi connectivity index (χ2n) is 6.16. The highest BCUT2D eigenvalue weighted by Gasteiger charge is 2.37. The van der Waals surface area contributed by atoms with Crippen molar-refractivity contribution in [3.63, 3.8) is 0 Å². The summed E-state index contributed by atoms with van der Waals surface area (Å²) in [7, 11) is 0. The van der Waals surface area contributed by atoms with Gasteiger partial charge in [-0.25, -0.2) is 19.8 Å². The molecule has 2 unspecified atom stereocenters. The molecule has 9 heteroatoms. The van der Waals surface area contributed by atoms with Crippen LogP contribution in [0.1, 0.15) is 13.3 Å². The molecule has 9 nitrogen and oxygen atoms in total. The van der Waals surface area contributed by atoms with Crippen molar-refractivity contribution in [2.45, 2.75) is 19.4 Å². The van der Waals surface area contributed by atoms with Gasteiger partial charge in [0.15, 0.2) is 5.03 Å². The molecule has 0 aliphatic carbocycles. The number of carbonyl (C=O) groups excluding carboxylic acids is 1. The van der Waals surface area contributed by atoms with Crippen LogP contribution in [0.15, 0.2) is 35.4 Å². The first kappa shape index (κ1) is 17.2. The van der Waals surface area contributed by atoms with E-state index in [-0.39, 0.29) is 18.0 Å². The van der Waals surface area contributed by atoms with Crippen LogP contribution in [-0.2, 0) is 4.74 Å². The second kappa shape index (κ2) is 7.47. The summed E-state index contributed by atoms with van der Waals surface area (Å²) in [4.78, 5) is 26.2. The monoisotopic (exact) mass is 348 g/mol. The van der Waals surface area contributed by atoms with E-state index in [1.807, 2.05) is 6.92 Å². The van der Waals surface area contributed by atoms with Crippen LogP contribution in [0.5, 0.6) is 5.75 Å². The fourth-order valence-electron chi connectivity index (χ4n) is 3.12. The Labute approximate surface area is 144 Å². The van der Waals surface area contributed by atoms with Gasteiger partial charge in [0.25, 0.3) is 5.96 Å². The van der Waals surface area contributed by atoms with Crippen LogP contribution in [-0.4, -0.2) is 59.2 Å². The lowest BCUT2D eigenvalue weighted by Crippen LogP contribution is -2.41. The normalized spacial score (nSPS) is 24.8. The van der Waals surface area contributed by atoms with E-state index in [0.29, 0.717) is 32.0 Å². The molecule has 0 N–H and O–H groups in total. The molecule has 2 saturated heterocycles. The zero-order valence-corrected chi connectivity index (χ0v) is 13.9. The first-order valence-corrected chi connectivity index (χ1v) is 8.17. The molecule has 0 spiro atoms. The van der Waals surface area contributed by atoms with Gasteiger partial charge in [0, 0.05) is 19.0 Å². The van der Waals surface area contributed by atoms with E-state index in [4.69, 9.17) is 9.47 Å². The van der Waals surface area contributed by atoms with Crippen molar-refractivity contribution in [3.05, 3.63) is 40.4 Å². The predicted molar refractivity (Wildman–Crippen MR) is 88.7 cm³/mol. The van der Waals surface area contributed by atoms with Gasteiger partial charge >= 0.3 is 6.09 Å². The summed E-state index contributed by atoms with van der Waals surface area (Å²) in [5.74, 6) is 0.659. The van der Waals surface area contributed by atoms with E-state index >= 15 is 0 Å². The standard InChI is InChI=1S/C16H20N4O5/c1-12-9-13(11-24-12)10-18-7-8-19(15(18)17-20(22)23)16(21)25-14-5-3-2-4-6-14/h2-6,12-13H,7-11H2,1H3. The predicted octanol–water partition coefficient (Wildman–Crippen LogP) is 1.78. The molecule has 0 saturated carbocycles. The SMILES string of the molecule is CC1CC(CN2CCN(C(=O)Oc3ccccc3)C2=N[N+](=O)[O-])CO1. The fourth-order valence-corrected chi connectivity index (χ4v) is 3.12. The van der Waals surface area contributed by atoms with Crippen LogP contribution in [0.4, 0.5) is 4.79 Å². The molecule has 1 amide bonds. The highest BCUT2D eigenvalue weighted by Crippen LogP contribution is 2.23. The Balaban J connectivity index is 1.70. The van der Waals surface area contributed by atoms with Crippen LogP contribution >= 0.6 is 0 Å². The first-order valence-electron chi connectivity index (χ1n) is 8.17. The lowest BCUT2D eigenvalue weighted by molar-refractivity contribution is -0.486. The minimum absolute atomic E-state index is 0.0190. The summed E-state index contributed by atoms with van der Waals surface area (Å²) in [6.45, 7) is 3.94. The third-order valence-electron chi connectivity index (χ3n) is 4.22. The number of rotatable bonds is 4. The average molecular weight is 348 g/mol. The maximum absolute atomic E-state index is 12.4. The van der Waals surface area contributed by atoms with Crippen molar-refractivity contribution in [1.29, 1.82) is 0 Å². The van der Waals surface area contributed by atoms with Gasteiger partial charge in [-0.1, -0.05) is 18.2 Å². The lowest BCUT2D eigenvalue weighted by Gasteiger charge is -2.21. The van der Waals surface area contributed by atoms with Gasteiger partial charge in [0.1, 0.15) is 10.9 Å². The second-order valence-corrected chi connectivity index (χ2v) is 6.16. The zero-order valence-electron chi connectivity index (χ0n) is 13.9. The van der Waals surface area contributed by atoms with Gasteiger partial charge in [-0.15, -0.1) is 0 Å². The molecule has 0 radical (unpaired) electrons. The Morgan fingerprint density at radius 1 is 1.40 bits per heavy atom. The van der Waals surface area contributed by atoms with E-state index in [2.05, 4.69) is 5.10 Å². The van der Waals surface area contributed by atoms with E-state index < -0.39 is 11.1 Å². The summed E-state index contributed by atoms with van der Waals surface area (Å²) in [6, 6.07) is 8.58. The fraction of sp³-hybridized carbons (Fsp3) is 0.500. The molecule has 2 fully saturated rings. The largest absolute Gasteiger partial charge is 0.422 e. The van der Waals surface area contributed by atoms with Gasteiger partial charge < -0.3 is 14.4 Å². The maximum Gasteiger partial charge on any atom is 0.422 e. The van der Waals surface area contributed by atoms with Crippen LogP contribution in [0.2, 0.25) is 0 Å². The number of hydrogen-bond acceptors (Lipinski definition) is 5. The van der Waals surface area contributed by atoms with Gasteiger partial charge in [0.05, 0.1) is 19.3 Å². The zero-order chi connectivity index (χ0) is 17.8. The van der Waals surface area contributed by atoms with Crippen LogP contribution < -0.4 is 4.74 Å². The van der Waals surface area contributed by atoms with Crippen LogP contribution in [0.3, 0.4) is 0 Å². The topological polar surface area (TPSA) is 97.5 Å². The number of ether oxygens (including phenoxy) is 2. The number of para-hydroxylation sites is 1. The molecule has 3 rings (SSSR count). The molecular formula is C16H20N4O5. The maximum atomic E-state index is 12.4. The van der Waals surface area contributed by atoms with E-state index in [9.17, 15) is 14.9 Å². The van der Waals surface area contributed by atoms with Crippen molar-refractivity contribution in [2.24, 2.45) is 11.0 Å². The number of nitrogens with zero attached hydrogens (tertiary/aromatic N) is 4. The van der Waals surface area contributed by atoms with Gasteiger partial charge in [-0.05, 0) is 25.5 Å². The molecule has 1 aromatic carbocycles. The van der Waals surface area contributed by atoms with Crippen molar-refractivity contribution >= 4 is 12.1 Å². The molecule has 0 aromatic heterocycles. The number of benzene rings is 1. The Bertz CT molecular complexity index is 666. The Morgan fingerprint density at radius 3 is 2.80 bits per heavy atom. The molecule has 2 aliphatic heterocycles. The number of hydrogen-bond donors (Lipinski definition) is 0. The molecule has 1 aromatic rings. The van der Waals surface area contributed by atoms with E-state index in [1.165, 1.54) is 4.90 Å². The molecule has 134 valence electrons. The Morgan fingerprint density at radius 2 is 2.16 bits per heavy atom. The van der Waals surface area contributed by atoms with Crippen molar-refractivity contribution in [2.75, 3.05) is 26.2 Å². The van der Waals surface area contributed by atoms with Gasteiger partial charge in [-0.3, -0.25) is 0 Å². The van der Waals surface area contributed by atoms with Crippen molar-refractivity contribution in [3.8, 4) is 5.75 Å². The number of carbonyl (C=O) groups is 1. The molecule has 2 aliphatic rings. The van der Waals surface area contributed by atoms with Crippen molar-refractivity contribution < 1.29 is 19.3 Å². The Hall–Kier alpha value is -2.68. The number of amides is 1.